The monoisotopic (exact) mass is 289 g/mol. The molecule has 0 aliphatic rings. The molecular weight excluding hydrogens is 267 g/mol. The normalized spacial score (nSPS) is 13.8. The van der Waals surface area contributed by atoms with E-state index in [-0.39, 0.29) is 6.54 Å². The minimum Gasteiger partial charge on any atom is -0.387 e. The largest absolute Gasteiger partial charge is 0.401 e. The van der Waals surface area contributed by atoms with Crippen molar-refractivity contribution >= 4 is 0 Å². The van der Waals surface area contributed by atoms with E-state index in [1.54, 1.807) is 6.07 Å². The highest BCUT2D eigenvalue weighted by Crippen LogP contribution is 2.21. The molecule has 1 aromatic carbocycles. The Morgan fingerprint density at radius 2 is 1.85 bits per heavy atom. The summed E-state index contributed by atoms with van der Waals surface area (Å²) in [4.78, 5) is 1.25. The summed E-state index contributed by atoms with van der Waals surface area (Å²) >= 11 is 0. The predicted octanol–water partition coefficient (Wildman–Crippen LogP) is 3.61. The number of halogens is 3. The van der Waals surface area contributed by atoms with Gasteiger partial charge in [0.2, 0.25) is 0 Å². The molecule has 0 aliphatic heterocycles. The average Bonchev–Trinajstić information content (AvgIpc) is 2.30. The van der Waals surface area contributed by atoms with Crippen LogP contribution in [0.2, 0.25) is 0 Å². The Morgan fingerprint density at radius 1 is 1.20 bits per heavy atom. The summed E-state index contributed by atoms with van der Waals surface area (Å²) in [5.74, 6) is 0. The number of alkyl halides is 3. The lowest BCUT2D eigenvalue weighted by atomic mass is 10.0. The van der Waals surface area contributed by atoms with Crippen LogP contribution in [-0.4, -0.2) is 35.8 Å². The topological polar surface area (TPSA) is 23.5 Å². The Kier molecular flexibility index (Phi) is 6.02. The van der Waals surface area contributed by atoms with Gasteiger partial charge in [0.15, 0.2) is 0 Å². The highest BCUT2D eigenvalue weighted by molar-refractivity contribution is 5.31. The van der Waals surface area contributed by atoms with E-state index in [0.717, 1.165) is 11.1 Å². The second-order valence-electron chi connectivity index (χ2n) is 5.21. The molecule has 1 rings (SSSR count). The molecule has 0 amide bonds. The molecule has 0 aliphatic carbocycles. The summed E-state index contributed by atoms with van der Waals surface area (Å²) < 4.78 is 37.4. The third-order valence-corrected chi connectivity index (χ3v) is 3.29. The van der Waals surface area contributed by atoms with Crippen molar-refractivity contribution in [2.75, 3.05) is 19.6 Å². The first-order chi connectivity index (χ1) is 9.23. The van der Waals surface area contributed by atoms with Gasteiger partial charge in [0.05, 0.1) is 12.6 Å². The number of nitrogens with zero attached hydrogens (tertiary/aromatic N) is 1. The number of aliphatic hydroxyl groups excluding tert-OH is 1. The summed E-state index contributed by atoms with van der Waals surface area (Å²) in [6, 6.07) is 5.48. The number of benzene rings is 1. The van der Waals surface area contributed by atoms with E-state index in [4.69, 9.17) is 0 Å². The minimum atomic E-state index is -4.24. The zero-order valence-corrected chi connectivity index (χ0v) is 12.2. The van der Waals surface area contributed by atoms with Crippen molar-refractivity contribution in [1.82, 2.24) is 4.90 Å². The van der Waals surface area contributed by atoms with Gasteiger partial charge in [-0.25, -0.2) is 0 Å². The lowest BCUT2D eigenvalue weighted by Crippen LogP contribution is -2.37. The molecule has 0 saturated heterocycles. The first kappa shape index (κ1) is 17.0. The quantitative estimate of drug-likeness (QED) is 0.864. The SMILES string of the molecule is CCCN(CC(O)c1ccc(C)c(C)c1)CC(F)(F)F. The van der Waals surface area contributed by atoms with E-state index < -0.39 is 18.8 Å². The van der Waals surface area contributed by atoms with Gasteiger partial charge in [-0.05, 0) is 43.5 Å². The van der Waals surface area contributed by atoms with E-state index >= 15 is 0 Å². The van der Waals surface area contributed by atoms with Crippen LogP contribution in [0, 0.1) is 13.8 Å². The second kappa shape index (κ2) is 7.09. The van der Waals surface area contributed by atoms with Crippen molar-refractivity contribution in [2.45, 2.75) is 39.5 Å². The summed E-state index contributed by atoms with van der Waals surface area (Å²) in [7, 11) is 0. The van der Waals surface area contributed by atoms with E-state index in [9.17, 15) is 18.3 Å². The van der Waals surface area contributed by atoms with Crippen molar-refractivity contribution in [2.24, 2.45) is 0 Å². The smallest absolute Gasteiger partial charge is 0.387 e. The molecule has 0 spiro atoms. The van der Waals surface area contributed by atoms with Gasteiger partial charge in [-0.15, -0.1) is 0 Å². The number of aryl methyl sites for hydroxylation is 2. The molecule has 5 heteroatoms. The molecule has 114 valence electrons. The fourth-order valence-electron chi connectivity index (χ4n) is 2.13. The molecule has 0 radical (unpaired) electrons. The maximum atomic E-state index is 12.5. The van der Waals surface area contributed by atoms with Crippen molar-refractivity contribution in [3.8, 4) is 0 Å². The van der Waals surface area contributed by atoms with Crippen molar-refractivity contribution in [3.05, 3.63) is 34.9 Å². The Labute approximate surface area is 118 Å². The van der Waals surface area contributed by atoms with Gasteiger partial charge in [0, 0.05) is 6.54 Å². The summed E-state index contributed by atoms with van der Waals surface area (Å²) in [6.45, 7) is 5.04. The third kappa shape index (κ3) is 5.51. The van der Waals surface area contributed by atoms with E-state index in [1.165, 1.54) is 4.90 Å². The molecular formula is C15H22F3NO. The number of aliphatic hydroxyl groups is 1. The second-order valence-corrected chi connectivity index (χ2v) is 5.21. The van der Waals surface area contributed by atoms with Gasteiger partial charge in [-0.2, -0.15) is 13.2 Å². The Morgan fingerprint density at radius 3 is 2.35 bits per heavy atom. The lowest BCUT2D eigenvalue weighted by Gasteiger charge is -2.26. The molecule has 1 N–H and O–H groups in total. The van der Waals surface area contributed by atoms with E-state index in [2.05, 4.69) is 0 Å². The Hall–Kier alpha value is -1.07. The third-order valence-electron chi connectivity index (χ3n) is 3.29. The van der Waals surface area contributed by atoms with Gasteiger partial charge >= 0.3 is 6.18 Å². The minimum absolute atomic E-state index is 0.00412. The Bertz CT molecular complexity index is 432. The fraction of sp³-hybridized carbons (Fsp3) is 0.600. The zero-order valence-electron chi connectivity index (χ0n) is 12.2. The zero-order chi connectivity index (χ0) is 15.3. The first-order valence-electron chi connectivity index (χ1n) is 6.77. The number of rotatable bonds is 6. The van der Waals surface area contributed by atoms with Crippen LogP contribution in [0.3, 0.4) is 0 Å². The maximum Gasteiger partial charge on any atom is 0.401 e. The van der Waals surface area contributed by atoms with Gasteiger partial charge in [-0.1, -0.05) is 25.1 Å². The van der Waals surface area contributed by atoms with Crippen molar-refractivity contribution < 1.29 is 18.3 Å². The van der Waals surface area contributed by atoms with Crippen LogP contribution >= 0.6 is 0 Å². The molecule has 1 unspecified atom stereocenters. The van der Waals surface area contributed by atoms with Crippen LogP contribution in [0.5, 0.6) is 0 Å². The average molecular weight is 289 g/mol. The van der Waals surface area contributed by atoms with Crippen LogP contribution in [0.15, 0.2) is 18.2 Å². The highest BCUT2D eigenvalue weighted by Gasteiger charge is 2.31. The van der Waals surface area contributed by atoms with Gasteiger partial charge < -0.3 is 5.11 Å². The maximum absolute atomic E-state index is 12.5. The summed E-state index contributed by atoms with van der Waals surface area (Å²) in [5, 5.41) is 10.1. The van der Waals surface area contributed by atoms with Gasteiger partial charge in [-0.3, -0.25) is 4.90 Å². The molecule has 0 saturated carbocycles. The molecule has 1 aromatic rings. The molecule has 20 heavy (non-hydrogen) atoms. The lowest BCUT2D eigenvalue weighted by molar-refractivity contribution is -0.148. The standard InChI is InChI=1S/C15H22F3NO/c1-4-7-19(10-15(16,17)18)9-14(20)13-6-5-11(2)12(3)8-13/h5-6,8,14,20H,4,7,9-10H2,1-3H3. The van der Waals surface area contributed by atoms with Gasteiger partial charge in [0.25, 0.3) is 0 Å². The van der Waals surface area contributed by atoms with Crippen LogP contribution in [0.1, 0.15) is 36.1 Å². The number of hydrogen-bond donors (Lipinski definition) is 1. The molecule has 0 aromatic heterocycles. The van der Waals surface area contributed by atoms with Crippen LogP contribution in [0.25, 0.3) is 0 Å². The summed E-state index contributed by atoms with van der Waals surface area (Å²) in [6.07, 6.45) is -4.52. The van der Waals surface area contributed by atoms with Crippen LogP contribution < -0.4 is 0 Å². The fourth-order valence-corrected chi connectivity index (χ4v) is 2.13. The van der Waals surface area contributed by atoms with Crippen LogP contribution in [0.4, 0.5) is 13.2 Å². The highest BCUT2D eigenvalue weighted by atomic mass is 19.4. The molecule has 0 fully saturated rings. The molecule has 0 bridgehead atoms. The van der Waals surface area contributed by atoms with Gasteiger partial charge in [0.1, 0.15) is 0 Å². The molecule has 0 heterocycles. The summed E-state index contributed by atoms with van der Waals surface area (Å²) in [5.41, 5.74) is 2.79. The Balaban J connectivity index is 2.74. The van der Waals surface area contributed by atoms with Crippen molar-refractivity contribution in [3.63, 3.8) is 0 Å². The molecule has 1 atom stereocenters. The van der Waals surface area contributed by atoms with Crippen LogP contribution in [-0.2, 0) is 0 Å². The molecule has 2 nitrogen and oxygen atoms in total. The predicted molar refractivity (Wildman–Crippen MR) is 73.7 cm³/mol. The first-order valence-corrected chi connectivity index (χ1v) is 6.77. The van der Waals surface area contributed by atoms with E-state index in [0.29, 0.717) is 18.5 Å². The van der Waals surface area contributed by atoms with E-state index in [1.807, 2.05) is 32.9 Å². The van der Waals surface area contributed by atoms with Crippen molar-refractivity contribution in [1.29, 1.82) is 0 Å². The number of hydrogen-bond acceptors (Lipinski definition) is 2.